The predicted molar refractivity (Wildman–Crippen MR) is 62.4 cm³/mol. The molecular weight excluding hydrogens is 220 g/mol. The number of rotatable bonds is 3. The number of carbonyl (C=O) groups is 1. The van der Waals surface area contributed by atoms with Crippen molar-refractivity contribution >= 4 is 11.6 Å². The van der Waals surface area contributed by atoms with Gasteiger partial charge in [0.15, 0.2) is 0 Å². The minimum absolute atomic E-state index is 0.0479. The maximum absolute atomic E-state index is 11.4. The molecule has 1 aromatic carbocycles. The first-order valence-corrected chi connectivity index (χ1v) is 5.27. The van der Waals surface area contributed by atoms with Crippen molar-refractivity contribution < 1.29 is 9.72 Å². The van der Waals surface area contributed by atoms with E-state index < -0.39 is 4.92 Å². The van der Waals surface area contributed by atoms with Gasteiger partial charge in [0, 0.05) is 30.8 Å². The molecule has 1 aliphatic rings. The monoisotopic (exact) mass is 232 g/mol. The largest absolute Gasteiger partial charge is 0.331 e. The summed E-state index contributed by atoms with van der Waals surface area (Å²) in [4.78, 5) is 23.4. The van der Waals surface area contributed by atoms with E-state index in [2.05, 4.69) is 0 Å². The second kappa shape index (κ2) is 4.37. The van der Waals surface area contributed by atoms with E-state index in [0.717, 1.165) is 5.56 Å². The summed E-state index contributed by atoms with van der Waals surface area (Å²) in [6, 6.07) is 5.05. The zero-order valence-electron chi connectivity index (χ0n) is 9.42. The summed E-state index contributed by atoms with van der Waals surface area (Å²) in [5.41, 5.74) is 1.51. The Kier molecular flexibility index (Phi) is 2.91. The summed E-state index contributed by atoms with van der Waals surface area (Å²) >= 11 is 0. The van der Waals surface area contributed by atoms with Gasteiger partial charge in [0.05, 0.1) is 4.92 Å². The van der Waals surface area contributed by atoms with Crippen LogP contribution in [-0.4, -0.2) is 22.3 Å². The summed E-state index contributed by atoms with van der Waals surface area (Å²) in [5, 5.41) is 10.8. The van der Waals surface area contributed by atoms with Crippen LogP contribution < -0.4 is 0 Å². The fourth-order valence-electron chi connectivity index (χ4n) is 1.79. The Hall–Kier alpha value is -2.17. The molecule has 0 saturated carbocycles. The number of benzene rings is 1. The molecule has 5 nitrogen and oxygen atoms in total. The summed E-state index contributed by atoms with van der Waals surface area (Å²) in [7, 11) is 0. The molecular formula is C12H12N2O3. The molecule has 1 amide bonds. The van der Waals surface area contributed by atoms with Crippen molar-refractivity contribution in [1.29, 1.82) is 0 Å². The van der Waals surface area contributed by atoms with Crippen molar-refractivity contribution in [3.63, 3.8) is 0 Å². The lowest BCUT2D eigenvalue weighted by molar-refractivity contribution is -0.385. The lowest BCUT2D eigenvalue weighted by atomic mass is 10.1. The molecule has 1 aliphatic heterocycles. The standard InChI is InChI=1S/C12H12N2O3/c1-9-4-5-10(7-11(9)14(16)17)8-13-6-2-3-12(13)15/h2-5,7H,6,8H2,1H3. The fourth-order valence-corrected chi connectivity index (χ4v) is 1.79. The lowest BCUT2D eigenvalue weighted by Crippen LogP contribution is -2.24. The molecule has 0 spiro atoms. The van der Waals surface area contributed by atoms with Crippen molar-refractivity contribution in [2.24, 2.45) is 0 Å². The first-order valence-electron chi connectivity index (χ1n) is 5.27. The quantitative estimate of drug-likeness (QED) is 0.589. The van der Waals surface area contributed by atoms with E-state index in [1.54, 1.807) is 24.0 Å². The molecule has 0 aliphatic carbocycles. The molecule has 2 rings (SSSR count). The maximum Gasteiger partial charge on any atom is 0.272 e. The van der Waals surface area contributed by atoms with Crippen molar-refractivity contribution in [1.82, 2.24) is 4.90 Å². The summed E-state index contributed by atoms with van der Waals surface area (Å²) in [6.45, 7) is 2.68. The van der Waals surface area contributed by atoms with Crippen LogP contribution in [-0.2, 0) is 11.3 Å². The number of nitrogens with zero attached hydrogens (tertiary/aromatic N) is 2. The molecule has 88 valence electrons. The first kappa shape index (κ1) is 11.3. The fraction of sp³-hybridized carbons (Fsp3) is 0.250. The van der Waals surface area contributed by atoms with Crippen LogP contribution in [0.25, 0.3) is 0 Å². The van der Waals surface area contributed by atoms with E-state index >= 15 is 0 Å². The Morgan fingerprint density at radius 3 is 2.82 bits per heavy atom. The molecule has 0 aromatic heterocycles. The zero-order chi connectivity index (χ0) is 12.4. The van der Waals surface area contributed by atoms with Gasteiger partial charge in [0.25, 0.3) is 5.69 Å². The molecule has 0 unspecified atom stereocenters. The number of amides is 1. The third-order valence-electron chi connectivity index (χ3n) is 2.74. The topological polar surface area (TPSA) is 63.5 Å². The van der Waals surface area contributed by atoms with Gasteiger partial charge in [-0.2, -0.15) is 0 Å². The van der Waals surface area contributed by atoms with E-state index in [1.807, 2.05) is 6.07 Å². The smallest absolute Gasteiger partial charge is 0.272 e. The molecule has 0 bridgehead atoms. The van der Waals surface area contributed by atoms with E-state index in [1.165, 1.54) is 12.1 Å². The average Bonchev–Trinajstić information content (AvgIpc) is 2.67. The Labute approximate surface area is 98.5 Å². The van der Waals surface area contributed by atoms with Gasteiger partial charge in [-0.1, -0.05) is 18.2 Å². The molecule has 1 aromatic rings. The molecule has 1 heterocycles. The molecule has 0 atom stereocenters. The van der Waals surface area contributed by atoms with Crippen LogP contribution in [0.15, 0.2) is 30.4 Å². The molecule has 0 radical (unpaired) electrons. The van der Waals surface area contributed by atoms with Crippen molar-refractivity contribution in [3.05, 3.63) is 51.6 Å². The molecule has 17 heavy (non-hydrogen) atoms. The third kappa shape index (κ3) is 2.33. The van der Waals surface area contributed by atoms with E-state index in [-0.39, 0.29) is 11.6 Å². The third-order valence-corrected chi connectivity index (χ3v) is 2.74. The van der Waals surface area contributed by atoms with Crippen LogP contribution in [0.3, 0.4) is 0 Å². The number of nitro benzene ring substituents is 1. The second-order valence-electron chi connectivity index (χ2n) is 4.00. The van der Waals surface area contributed by atoms with Crippen LogP contribution in [0.1, 0.15) is 11.1 Å². The number of aryl methyl sites for hydroxylation is 1. The van der Waals surface area contributed by atoms with Crippen molar-refractivity contribution in [2.45, 2.75) is 13.5 Å². The second-order valence-corrected chi connectivity index (χ2v) is 4.00. The SMILES string of the molecule is Cc1ccc(CN2CC=CC2=O)cc1[N+](=O)[O-]. The summed E-state index contributed by atoms with van der Waals surface area (Å²) in [5.74, 6) is -0.0479. The van der Waals surface area contributed by atoms with Gasteiger partial charge in [0.1, 0.15) is 0 Å². The Bertz CT molecular complexity index is 508. The number of nitro groups is 1. The summed E-state index contributed by atoms with van der Waals surface area (Å²) < 4.78 is 0. The van der Waals surface area contributed by atoms with Gasteiger partial charge in [-0.3, -0.25) is 14.9 Å². The van der Waals surface area contributed by atoms with Gasteiger partial charge in [-0.25, -0.2) is 0 Å². The zero-order valence-corrected chi connectivity index (χ0v) is 9.42. The summed E-state index contributed by atoms with van der Waals surface area (Å²) in [6.07, 6.45) is 3.30. The molecule has 5 heteroatoms. The van der Waals surface area contributed by atoms with Gasteiger partial charge in [-0.15, -0.1) is 0 Å². The van der Waals surface area contributed by atoms with Gasteiger partial charge >= 0.3 is 0 Å². The normalized spacial score (nSPS) is 14.4. The number of hydrogen-bond acceptors (Lipinski definition) is 3. The van der Waals surface area contributed by atoms with E-state index in [0.29, 0.717) is 18.7 Å². The highest BCUT2D eigenvalue weighted by Crippen LogP contribution is 2.20. The Morgan fingerprint density at radius 2 is 2.24 bits per heavy atom. The highest BCUT2D eigenvalue weighted by atomic mass is 16.6. The molecule has 0 saturated heterocycles. The van der Waals surface area contributed by atoms with Crippen molar-refractivity contribution in [3.8, 4) is 0 Å². The molecule has 0 N–H and O–H groups in total. The Balaban J connectivity index is 2.19. The number of hydrogen-bond donors (Lipinski definition) is 0. The predicted octanol–water partition coefficient (Wildman–Crippen LogP) is 1.80. The number of carbonyl (C=O) groups excluding carboxylic acids is 1. The van der Waals surface area contributed by atoms with Crippen LogP contribution >= 0.6 is 0 Å². The van der Waals surface area contributed by atoms with Crippen molar-refractivity contribution in [2.75, 3.05) is 6.54 Å². The van der Waals surface area contributed by atoms with Gasteiger partial charge < -0.3 is 4.90 Å². The van der Waals surface area contributed by atoms with Crippen LogP contribution in [0, 0.1) is 17.0 Å². The maximum atomic E-state index is 11.4. The minimum Gasteiger partial charge on any atom is -0.331 e. The lowest BCUT2D eigenvalue weighted by Gasteiger charge is -2.15. The minimum atomic E-state index is -0.400. The highest BCUT2D eigenvalue weighted by molar-refractivity contribution is 5.89. The highest BCUT2D eigenvalue weighted by Gasteiger charge is 2.17. The average molecular weight is 232 g/mol. The van der Waals surface area contributed by atoms with Gasteiger partial charge in [0.2, 0.25) is 5.91 Å². The van der Waals surface area contributed by atoms with Crippen LogP contribution in [0.4, 0.5) is 5.69 Å². The van der Waals surface area contributed by atoms with E-state index in [9.17, 15) is 14.9 Å². The van der Waals surface area contributed by atoms with Crippen LogP contribution in [0.2, 0.25) is 0 Å². The molecule has 0 fully saturated rings. The van der Waals surface area contributed by atoms with E-state index in [4.69, 9.17) is 0 Å². The Morgan fingerprint density at radius 1 is 1.47 bits per heavy atom. The van der Waals surface area contributed by atoms with Crippen LogP contribution in [0.5, 0.6) is 0 Å². The first-order chi connectivity index (χ1) is 8.08. The van der Waals surface area contributed by atoms with Gasteiger partial charge in [-0.05, 0) is 12.5 Å².